The maximum atomic E-state index is 11.8. The van der Waals surface area contributed by atoms with Crippen LogP contribution in [0, 0.1) is 5.41 Å². The molecule has 0 fully saturated rings. The second-order valence-electron chi connectivity index (χ2n) is 5.33. The minimum atomic E-state index is -0.509. The van der Waals surface area contributed by atoms with E-state index in [1.807, 2.05) is 39.8 Å². The summed E-state index contributed by atoms with van der Waals surface area (Å²) in [4.78, 5) is 18.0. The van der Waals surface area contributed by atoms with Crippen LogP contribution >= 0.6 is 0 Å². The van der Waals surface area contributed by atoms with E-state index in [4.69, 9.17) is 4.74 Å². The Balaban J connectivity index is 2.87. The molecule has 4 nitrogen and oxygen atoms in total. The van der Waals surface area contributed by atoms with Crippen molar-refractivity contribution in [2.45, 2.75) is 27.3 Å². The Morgan fingerprint density at radius 3 is 2.59 bits per heavy atom. The van der Waals surface area contributed by atoms with Crippen molar-refractivity contribution in [1.29, 1.82) is 0 Å². The van der Waals surface area contributed by atoms with Gasteiger partial charge in [0.25, 0.3) is 0 Å². The molecule has 1 aromatic rings. The highest BCUT2D eigenvalue weighted by molar-refractivity contribution is 5.78. The van der Waals surface area contributed by atoms with Gasteiger partial charge in [-0.3, -0.25) is 9.78 Å². The van der Waals surface area contributed by atoms with Gasteiger partial charge in [0.2, 0.25) is 0 Å². The minimum Gasteiger partial charge on any atom is -0.424 e. The van der Waals surface area contributed by atoms with Crippen LogP contribution in [0.2, 0.25) is 0 Å². The summed E-state index contributed by atoms with van der Waals surface area (Å²) in [5, 5.41) is 0. The molecule has 1 aromatic heterocycles. The maximum absolute atomic E-state index is 11.8. The lowest BCUT2D eigenvalue weighted by molar-refractivity contribution is -0.143. The molecule has 0 spiro atoms. The van der Waals surface area contributed by atoms with Gasteiger partial charge in [0, 0.05) is 12.7 Å². The van der Waals surface area contributed by atoms with Gasteiger partial charge >= 0.3 is 5.97 Å². The molecule has 0 bridgehead atoms. The van der Waals surface area contributed by atoms with Crippen molar-refractivity contribution in [2.24, 2.45) is 5.41 Å². The first kappa shape index (κ1) is 13.6. The van der Waals surface area contributed by atoms with Gasteiger partial charge in [-0.15, -0.1) is 0 Å². The Hall–Kier alpha value is -1.42. The number of hydrogen-bond acceptors (Lipinski definition) is 4. The number of ether oxygens (including phenoxy) is 1. The Labute approximate surface area is 103 Å². The Kier molecular flexibility index (Phi) is 4.23. The van der Waals surface area contributed by atoms with Crippen LogP contribution in [0.5, 0.6) is 5.75 Å². The molecule has 0 amide bonds. The average Bonchev–Trinajstić information content (AvgIpc) is 2.18. The van der Waals surface area contributed by atoms with Crippen LogP contribution in [0.4, 0.5) is 0 Å². The predicted molar refractivity (Wildman–Crippen MR) is 66.7 cm³/mol. The number of nitrogens with zero attached hydrogens (tertiary/aromatic N) is 2. The van der Waals surface area contributed by atoms with E-state index in [1.165, 1.54) is 0 Å². The largest absolute Gasteiger partial charge is 0.424 e. The molecule has 0 saturated carbocycles. The van der Waals surface area contributed by atoms with E-state index >= 15 is 0 Å². The SMILES string of the molecule is CN(C)Cc1ncccc1OC(=O)C(C)(C)C. The molecule has 0 saturated heterocycles. The van der Waals surface area contributed by atoms with E-state index in [-0.39, 0.29) is 5.97 Å². The average molecular weight is 236 g/mol. The van der Waals surface area contributed by atoms with Crippen LogP contribution in [-0.4, -0.2) is 29.9 Å². The Morgan fingerprint density at radius 1 is 1.41 bits per heavy atom. The Morgan fingerprint density at radius 2 is 2.06 bits per heavy atom. The summed E-state index contributed by atoms with van der Waals surface area (Å²) in [5.74, 6) is 0.298. The zero-order valence-electron chi connectivity index (χ0n) is 11.2. The van der Waals surface area contributed by atoms with Crippen molar-refractivity contribution in [3.05, 3.63) is 24.0 Å². The van der Waals surface area contributed by atoms with E-state index in [0.717, 1.165) is 5.69 Å². The van der Waals surface area contributed by atoms with Gasteiger partial charge in [-0.2, -0.15) is 0 Å². The fourth-order valence-electron chi connectivity index (χ4n) is 1.19. The standard InChI is InChI=1S/C13H20N2O2/c1-13(2,3)12(16)17-11-7-6-8-14-10(11)9-15(4)5/h6-8H,9H2,1-5H3. The summed E-state index contributed by atoms with van der Waals surface area (Å²) in [5.41, 5.74) is 0.265. The molecule has 0 atom stereocenters. The van der Waals surface area contributed by atoms with Crippen LogP contribution in [0.1, 0.15) is 26.5 Å². The number of carbonyl (C=O) groups is 1. The fraction of sp³-hybridized carbons (Fsp3) is 0.538. The number of rotatable bonds is 3. The third kappa shape index (κ3) is 4.15. The molecular formula is C13H20N2O2. The van der Waals surface area contributed by atoms with Gasteiger partial charge < -0.3 is 9.64 Å². The quantitative estimate of drug-likeness (QED) is 0.754. The van der Waals surface area contributed by atoms with Crippen LogP contribution in [-0.2, 0) is 11.3 Å². The number of hydrogen-bond donors (Lipinski definition) is 0. The molecule has 0 N–H and O–H groups in total. The van der Waals surface area contributed by atoms with E-state index in [1.54, 1.807) is 18.3 Å². The van der Waals surface area contributed by atoms with Crippen molar-refractivity contribution in [3.63, 3.8) is 0 Å². The van der Waals surface area contributed by atoms with Crippen molar-refractivity contribution in [3.8, 4) is 5.75 Å². The topological polar surface area (TPSA) is 42.4 Å². The van der Waals surface area contributed by atoms with Crippen LogP contribution < -0.4 is 4.74 Å². The van der Waals surface area contributed by atoms with Gasteiger partial charge in [0.15, 0.2) is 5.75 Å². The first-order valence-corrected chi connectivity index (χ1v) is 5.61. The second-order valence-corrected chi connectivity index (χ2v) is 5.33. The molecular weight excluding hydrogens is 216 g/mol. The third-order valence-corrected chi connectivity index (χ3v) is 2.13. The zero-order valence-corrected chi connectivity index (χ0v) is 11.2. The molecule has 4 heteroatoms. The summed E-state index contributed by atoms with van der Waals surface area (Å²) in [6.45, 7) is 6.14. The summed E-state index contributed by atoms with van der Waals surface area (Å²) >= 11 is 0. The first-order valence-electron chi connectivity index (χ1n) is 5.61. The lowest BCUT2D eigenvalue weighted by Crippen LogP contribution is -2.26. The molecule has 17 heavy (non-hydrogen) atoms. The summed E-state index contributed by atoms with van der Waals surface area (Å²) in [6, 6.07) is 3.54. The number of esters is 1. The van der Waals surface area contributed by atoms with Gasteiger partial charge in [-0.25, -0.2) is 0 Å². The van der Waals surface area contributed by atoms with Crippen molar-refractivity contribution < 1.29 is 9.53 Å². The van der Waals surface area contributed by atoms with Gasteiger partial charge in [-0.1, -0.05) is 0 Å². The fourth-order valence-corrected chi connectivity index (χ4v) is 1.19. The molecule has 94 valence electrons. The highest BCUT2D eigenvalue weighted by atomic mass is 16.5. The Bertz CT molecular complexity index is 395. The molecule has 0 aliphatic rings. The molecule has 1 rings (SSSR count). The lowest BCUT2D eigenvalue weighted by atomic mass is 9.97. The van der Waals surface area contributed by atoms with E-state index < -0.39 is 5.41 Å². The molecule has 0 radical (unpaired) electrons. The van der Waals surface area contributed by atoms with E-state index in [9.17, 15) is 4.79 Å². The number of aromatic nitrogens is 1. The highest BCUT2D eigenvalue weighted by Gasteiger charge is 2.24. The summed E-state index contributed by atoms with van der Waals surface area (Å²) < 4.78 is 5.38. The smallest absolute Gasteiger partial charge is 0.316 e. The first-order chi connectivity index (χ1) is 7.80. The third-order valence-electron chi connectivity index (χ3n) is 2.13. The van der Waals surface area contributed by atoms with E-state index in [2.05, 4.69) is 4.98 Å². The number of carbonyl (C=O) groups excluding carboxylic acids is 1. The van der Waals surface area contributed by atoms with Crippen molar-refractivity contribution in [2.75, 3.05) is 14.1 Å². The van der Waals surface area contributed by atoms with Gasteiger partial charge in [0.1, 0.15) is 0 Å². The van der Waals surface area contributed by atoms with E-state index in [0.29, 0.717) is 12.3 Å². The summed E-state index contributed by atoms with van der Waals surface area (Å²) in [6.07, 6.45) is 1.70. The highest BCUT2D eigenvalue weighted by Crippen LogP contribution is 2.22. The maximum Gasteiger partial charge on any atom is 0.316 e. The van der Waals surface area contributed by atoms with Crippen molar-refractivity contribution in [1.82, 2.24) is 9.88 Å². The van der Waals surface area contributed by atoms with Crippen LogP contribution in [0.25, 0.3) is 0 Å². The molecule has 1 heterocycles. The monoisotopic (exact) mass is 236 g/mol. The molecule has 0 aromatic carbocycles. The molecule has 0 unspecified atom stereocenters. The second kappa shape index (κ2) is 5.27. The zero-order chi connectivity index (χ0) is 13.1. The van der Waals surface area contributed by atoms with Crippen LogP contribution in [0.3, 0.4) is 0 Å². The predicted octanol–water partition coefficient (Wildman–Crippen LogP) is 2.09. The lowest BCUT2D eigenvalue weighted by Gasteiger charge is -2.18. The molecule has 0 aliphatic carbocycles. The normalized spacial score (nSPS) is 11.6. The molecule has 0 aliphatic heterocycles. The van der Waals surface area contributed by atoms with Crippen LogP contribution in [0.15, 0.2) is 18.3 Å². The summed E-state index contributed by atoms with van der Waals surface area (Å²) in [7, 11) is 3.90. The van der Waals surface area contributed by atoms with Crippen molar-refractivity contribution >= 4 is 5.97 Å². The number of pyridine rings is 1. The minimum absolute atomic E-state index is 0.245. The van der Waals surface area contributed by atoms with Gasteiger partial charge in [-0.05, 0) is 47.0 Å². The van der Waals surface area contributed by atoms with Gasteiger partial charge in [0.05, 0.1) is 11.1 Å².